The molecule has 0 amide bonds. The Bertz CT molecular complexity index is 1180. The number of benzene rings is 3. The lowest BCUT2D eigenvalue weighted by Gasteiger charge is -2.19. The van der Waals surface area contributed by atoms with Gasteiger partial charge in [-0.1, -0.05) is 54.6 Å². The number of ether oxygens (including phenoxy) is 1. The highest BCUT2D eigenvalue weighted by Gasteiger charge is 2.41. The fourth-order valence-electron chi connectivity index (χ4n) is 4.24. The Kier molecular flexibility index (Phi) is 5.27. The molecule has 0 aromatic heterocycles. The van der Waals surface area contributed by atoms with Crippen molar-refractivity contribution in [2.75, 3.05) is 20.2 Å². The van der Waals surface area contributed by atoms with Crippen LogP contribution in [0.4, 0.5) is 0 Å². The van der Waals surface area contributed by atoms with Crippen molar-refractivity contribution in [3.8, 4) is 11.8 Å². The molecule has 1 heterocycles. The summed E-state index contributed by atoms with van der Waals surface area (Å²) >= 11 is 0. The summed E-state index contributed by atoms with van der Waals surface area (Å²) in [6, 6.07) is 22.7. The number of rotatable bonds is 5. The van der Waals surface area contributed by atoms with Crippen LogP contribution in [-0.2, 0) is 10.0 Å². The van der Waals surface area contributed by atoms with Gasteiger partial charge in [0, 0.05) is 30.8 Å². The van der Waals surface area contributed by atoms with E-state index in [1.807, 2.05) is 54.6 Å². The summed E-state index contributed by atoms with van der Waals surface area (Å²) in [5, 5.41) is 10.9. The average molecular weight is 407 g/mol. The first-order chi connectivity index (χ1) is 14.1. The van der Waals surface area contributed by atoms with Gasteiger partial charge in [-0.15, -0.1) is 0 Å². The van der Waals surface area contributed by atoms with Crippen LogP contribution in [0.15, 0.2) is 71.6 Å². The van der Waals surface area contributed by atoms with Crippen LogP contribution in [0, 0.1) is 17.2 Å². The maximum Gasteiger partial charge on any atom is 0.243 e. The number of nitriles is 1. The normalized spacial score (nSPS) is 19.9. The van der Waals surface area contributed by atoms with E-state index >= 15 is 0 Å². The molecule has 3 aromatic rings. The molecule has 1 saturated heterocycles. The average Bonchev–Trinajstić information content (AvgIpc) is 3.18. The quantitative estimate of drug-likeness (QED) is 0.638. The number of fused-ring (bicyclic) bond motifs is 1. The molecule has 0 unspecified atom stereocenters. The van der Waals surface area contributed by atoms with Crippen LogP contribution >= 0.6 is 0 Å². The fourth-order valence-corrected chi connectivity index (χ4v) is 5.97. The van der Waals surface area contributed by atoms with Gasteiger partial charge >= 0.3 is 0 Å². The summed E-state index contributed by atoms with van der Waals surface area (Å²) in [5.41, 5.74) is 0.950. The van der Waals surface area contributed by atoms with Gasteiger partial charge in [-0.05, 0) is 29.0 Å². The molecule has 29 heavy (non-hydrogen) atoms. The van der Waals surface area contributed by atoms with E-state index in [0.29, 0.717) is 29.8 Å². The number of sulfonamides is 1. The van der Waals surface area contributed by atoms with Gasteiger partial charge in [0.2, 0.25) is 10.0 Å². The van der Waals surface area contributed by atoms with Crippen molar-refractivity contribution in [2.45, 2.75) is 17.2 Å². The molecule has 0 spiro atoms. The highest BCUT2D eigenvalue weighted by atomic mass is 32.2. The standard InChI is InChI=1S/C23H22N2O3S/c1-28-22-11-5-4-10-20(22)21-16-25(15-18(21)13-14-24)29(26,27)23-12-6-8-17-7-2-3-9-19(17)23/h2-12,18,21H,13,15-16H2,1H3/t18-,21+/m0/s1. The van der Waals surface area contributed by atoms with Gasteiger partial charge in [-0.2, -0.15) is 9.57 Å². The van der Waals surface area contributed by atoms with Crippen LogP contribution < -0.4 is 4.74 Å². The van der Waals surface area contributed by atoms with Gasteiger partial charge in [-0.3, -0.25) is 0 Å². The van der Waals surface area contributed by atoms with Gasteiger partial charge in [-0.25, -0.2) is 8.42 Å². The summed E-state index contributed by atoms with van der Waals surface area (Å²) in [6.07, 6.45) is 0.296. The first-order valence-corrected chi connectivity index (χ1v) is 11.0. The predicted molar refractivity (Wildman–Crippen MR) is 112 cm³/mol. The van der Waals surface area contributed by atoms with Crippen LogP contribution in [0.2, 0.25) is 0 Å². The van der Waals surface area contributed by atoms with Gasteiger partial charge in [0.15, 0.2) is 0 Å². The lowest BCUT2D eigenvalue weighted by molar-refractivity contribution is 0.399. The number of para-hydroxylation sites is 1. The Morgan fingerprint density at radius 1 is 1.03 bits per heavy atom. The zero-order valence-electron chi connectivity index (χ0n) is 16.2. The van der Waals surface area contributed by atoms with E-state index < -0.39 is 10.0 Å². The molecule has 2 atom stereocenters. The van der Waals surface area contributed by atoms with Crippen LogP contribution in [0.3, 0.4) is 0 Å². The van der Waals surface area contributed by atoms with Gasteiger partial charge in [0.25, 0.3) is 0 Å². The molecule has 0 N–H and O–H groups in total. The summed E-state index contributed by atoms with van der Waals surface area (Å²) in [5.74, 6) is 0.557. The van der Waals surface area contributed by atoms with Crippen LogP contribution in [-0.4, -0.2) is 32.9 Å². The third kappa shape index (κ3) is 3.48. The second-order valence-electron chi connectivity index (χ2n) is 7.27. The fraction of sp³-hybridized carbons (Fsp3) is 0.261. The molecule has 1 aliphatic rings. The Morgan fingerprint density at radius 2 is 1.76 bits per heavy atom. The van der Waals surface area contributed by atoms with E-state index in [1.165, 1.54) is 4.31 Å². The van der Waals surface area contributed by atoms with Crippen molar-refractivity contribution in [3.05, 3.63) is 72.3 Å². The molecule has 0 radical (unpaired) electrons. The first-order valence-electron chi connectivity index (χ1n) is 9.54. The Balaban J connectivity index is 1.75. The van der Waals surface area contributed by atoms with Crippen molar-refractivity contribution in [2.24, 2.45) is 5.92 Å². The molecule has 0 saturated carbocycles. The van der Waals surface area contributed by atoms with Crippen molar-refractivity contribution in [1.29, 1.82) is 5.26 Å². The molecular weight excluding hydrogens is 384 g/mol. The highest BCUT2D eigenvalue weighted by molar-refractivity contribution is 7.89. The number of methoxy groups -OCH3 is 1. The lowest BCUT2D eigenvalue weighted by atomic mass is 9.86. The molecule has 6 heteroatoms. The van der Waals surface area contributed by atoms with Gasteiger partial charge in [0.1, 0.15) is 5.75 Å². The number of hydrogen-bond donors (Lipinski definition) is 0. The number of nitrogens with zero attached hydrogens (tertiary/aromatic N) is 2. The third-order valence-corrected chi connectivity index (χ3v) is 7.56. The Hall–Kier alpha value is -2.88. The van der Waals surface area contributed by atoms with Crippen LogP contribution in [0.1, 0.15) is 17.9 Å². The van der Waals surface area contributed by atoms with Gasteiger partial charge < -0.3 is 4.74 Å². The smallest absolute Gasteiger partial charge is 0.243 e. The van der Waals surface area contributed by atoms with E-state index in [2.05, 4.69) is 6.07 Å². The van der Waals surface area contributed by atoms with Crippen molar-refractivity contribution in [3.63, 3.8) is 0 Å². The molecule has 5 nitrogen and oxygen atoms in total. The molecular formula is C23H22N2O3S. The van der Waals surface area contributed by atoms with E-state index in [1.54, 1.807) is 19.2 Å². The minimum atomic E-state index is -3.69. The van der Waals surface area contributed by atoms with Crippen molar-refractivity contribution < 1.29 is 13.2 Å². The predicted octanol–water partition coefficient (Wildman–Crippen LogP) is 4.17. The second kappa shape index (κ2) is 7.86. The summed E-state index contributed by atoms with van der Waals surface area (Å²) in [7, 11) is -2.09. The lowest BCUT2D eigenvalue weighted by Crippen LogP contribution is -2.29. The maximum absolute atomic E-state index is 13.5. The van der Waals surface area contributed by atoms with E-state index in [-0.39, 0.29) is 11.8 Å². The van der Waals surface area contributed by atoms with Crippen molar-refractivity contribution in [1.82, 2.24) is 4.31 Å². The zero-order chi connectivity index (χ0) is 20.4. The maximum atomic E-state index is 13.5. The first kappa shape index (κ1) is 19.4. The minimum Gasteiger partial charge on any atom is -0.496 e. The number of hydrogen-bond acceptors (Lipinski definition) is 4. The summed E-state index contributed by atoms with van der Waals surface area (Å²) in [6.45, 7) is 0.653. The third-order valence-electron chi connectivity index (χ3n) is 5.67. The zero-order valence-corrected chi connectivity index (χ0v) is 17.0. The molecule has 0 aliphatic carbocycles. The van der Waals surface area contributed by atoms with Gasteiger partial charge in [0.05, 0.1) is 18.1 Å². The van der Waals surface area contributed by atoms with Crippen LogP contribution in [0.5, 0.6) is 5.75 Å². The monoisotopic (exact) mass is 406 g/mol. The Labute approximate surface area is 171 Å². The topological polar surface area (TPSA) is 70.4 Å². The largest absolute Gasteiger partial charge is 0.496 e. The van der Waals surface area contributed by atoms with Crippen molar-refractivity contribution >= 4 is 20.8 Å². The molecule has 0 bridgehead atoms. The second-order valence-corrected chi connectivity index (χ2v) is 9.18. The molecule has 1 fully saturated rings. The molecule has 4 rings (SSSR count). The van der Waals surface area contributed by atoms with E-state index in [9.17, 15) is 13.7 Å². The van der Waals surface area contributed by atoms with E-state index in [4.69, 9.17) is 4.74 Å². The molecule has 1 aliphatic heterocycles. The summed E-state index contributed by atoms with van der Waals surface area (Å²) < 4.78 is 34.1. The molecule has 3 aromatic carbocycles. The molecule has 148 valence electrons. The Morgan fingerprint density at radius 3 is 2.55 bits per heavy atom. The SMILES string of the molecule is COc1ccccc1[C@@H]1CN(S(=O)(=O)c2cccc3ccccc23)C[C@@H]1CC#N. The van der Waals surface area contributed by atoms with Crippen LogP contribution in [0.25, 0.3) is 10.8 Å². The minimum absolute atomic E-state index is 0.0824. The van der Waals surface area contributed by atoms with E-state index in [0.717, 1.165) is 16.7 Å². The summed E-state index contributed by atoms with van der Waals surface area (Å²) in [4.78, 5) is 0.312. The highest BCUT2D eigenvalue weighted by Crippen LogP contribution is 2.41.